The van der Waals surface area contributed by atoms with Crippen LogP contribution in [-0.4, -0.2) is 88.9 Å². The topological polar surface area (TPSA) is 169 Å². The van der Waals surface area contributed by atoms with Crippen LogP contribution in [0.4, 0.5) is 17.5 Å². The molecule has 0 bridgehead atoms. The van der Waals surface area contributed by atoms with Crippen LogP contribution in [0.1, 0.15) is 62.9 Å². The summed E-state index contributed by atoms with van der Waals surface area (Å²) in [7, 11) is 0. The molecule has 51 heavy (non-hydrogen) atoms. The third-order valence-corrected chi connectivity index (χ3v) is 9.80. The lowest BCUT2D eigenvalue weighted by atomic mass is 9.95. The maximum atomic E-state index is 13.9. The predicted octanol–water partition coefficient (Wildman–Crippen LogP) is 3.53. The van der Waals surface area contributed by atoms with Gasteiger partial charge in [-0.15, -0.1) is 0 Å². The molecule has 0 unspecified atom stereocenters. The van der Waals surface area contributed by atoms with Crippen LogP contribution in [-0.2, 0) is 11.3 Å². The molecule has 2 aliphatic heterocycles. The van der Waals surface area contributed by atoms with Gasteiger partial charge in [-0.25, -0.2) is 20.4 Å². The highest BCUT2D eigenvalue weighted by molar-refractivity contribution is 5.99. The molecule has 2 amide bonds. The summed E-state index contributed by atoms with van der Waals surface area (Å²) in [5.41, 5.74) is 7.95. The Balaban J connectivity index is 1.23. The SMILES string of the molecule is CCN(c1cc(-c2ccc(N3CCN(c4ncc(C(=O)NO)cn4)CC3)nc2)cc(C(=O)NCc2c(C)cc(C)[nH]c2=O)c1C)C1CCOCC1. The van der Waals surface area contributed by atoms with Crippen LogP contribution >= 0.6 is 0 Å². The van der Waals surface area contributed by atoms with Crippen molar-refractivity contribution in [3.05, 3.63) is 92.8 Å². The summed E-state index contributed by atoms with van der Waals surface area (Å²) in [4.78, 5) is 61.0. The van der Waals surface area contributed by atoms with Crippen LogP contribution in [0.2, 0.25) is 0 Å². The van der Waals surface area contributed by atoms with Crippen LogP contribution < -0.4 is 31.1 Å². The summed E-state index contributed by atoms with van der Waals surface area (Å²) < 4.78 is 5.66. The standard InChI is InChI=1S/C37H45N9O5/c1-5-46(29-8-14-51-15-9-29)32-18-27(17-30(25(32)4)35(48)39-22-31-23(2)16-24(3)42-36(31)49)26-6-7-33(38-19-26)44-10-12-45(13-11-44)37-40-20-28(21-41-37)34(47)43-50/h6-7,16-21,29,50H,5,8-15,22H2,1-4H3,(H,39,48)(H,42,49)(H,43,47). The number of aromatic amines is 1. The van der Waals surface area contributed by atoms with Gasteiger partial charge in [-0.05, 0) is 87.6 Å². The van der Waals surface area contributed by atoms with Gasteiger partial charge in [0.15, 0.2) is 0 Å². The number of hydrogen-bond donors (Lipinski definition) is 4. The number of hydrogen-bond acceptors (Lipinski definition) is 11. The van der Waals surface area contributed by atoms with Crippen LogP contribution in [0.25, 0.3) is 11.1 Å². The number of nitrogens with one attached hydrogen (secondary N) is 3. The average molecular weight is 696 g/mol. The van der Waals surface area contributed by atoms with Crippen molar-refractivity contribution in [1.82, 2.24) is 30.7 Å². The summed E-state index contributed by atoms with van der Waals surface area (Å²) in [6, 6.07) is 10.3. The second-order valence-corrected chi connectivity index (χ2v) is 13.0. The fourth-order valence-electron chi connectivity index (χ4n) is 6.93. The van der Waals surface area contributed by atoms with E-state index in [9.17, 15) is 14.4 Å². The van der Waals surface area contributed by atoms with Gasteiger partial charge >= 0.3 is 0 Å². The van der Waals surface area contributed by atoms with E-state index in [0.717, 1.165) is 58.8 Å². The number of piperazine rings is 1. The van der Waals surface area contributed by atoms with Crippen molar-refractivity contribution >= 4 is 29.3 Å². The number of aryl methyl sites for hydroxylation is 2. The van der Waals surface area contributed by atoms with Crippen molar-refractivity contribution in [2.75, 3.05) is 60.6 Å². The summed E-state index contributed by atoms with van der Waals surface area (Å²) >= 11 is 0. The minimum absolute atomic E-state index is 0.124. The van der Waals surface area contributed by atoms with Gasteiger partial charge in [0, 0.05) is 105 Å². The van der Waals surface area contributed by atoms with Crippen molar-refractivity contribution in [3.8, 4) is 11.1 Å². The molecule has 3 aromatic heterocycles. The summed E-state index contributed by atoms with van der Waals surface area (Å²) in [5, 5.41) is 11.9. The Hall–Kier alpha value is -5.34. The maximum absolute atomic E-state index is 13.9. The van der Waals surface area contributed by atoms with Crippen molar-refractivity contribution in [2.24, 2.45) is 0 Å². The molecule has 1 aromatic carbocycles. The van der Waals surface area contributed by atoms with Crippen LogP contribution in [0.5, 0.6) is 0 Å². The third-order valence-electron chi connectivity index (χ3n) is 9.80. The minimum Gasteiger partial charge on any atom is -0.381 e. The van der Waals surface area contributed by atoms with Crippen molar-refractivity contribution in [1.29, 1.82) is 0 Å². The first-order chi connectivity index (χ1) is 24.7. The Morgan fingerprint density at radius 2 is 1.65 bits per heavy atom. The normalized spacial score (nSPS) is 15.1. The third kappa shape index (κ3) is 7.86. The quantitative estimate of drug-likeness (QED) is 0.142. The summed E-state index contributed by atoms with van der Waals surface area (Å²) in [6.07, 6.45) is 6.46. The first-order valence-corrected chi connectivity index (χ1v) is 17.4. The van der Waals surface area contributed by atoms with Gasteiger partial charge in [-0.2, -0.15) is 0 Å². The Morgan fingerprint density at radius 1 is 0.941 bits per heavy atom. The monoisotopic (exact) mass is 695 g/mol. The molecular formula is C37H45N9O5. The molecule has 0 spiro atoms. The number of amides is 2. The van der Waals surface area contributed by atoms with E-state index in [1.807, 2.05) is 56.1 Å². The van der Waals surface area contributed by atoms with E-state index in [1.165, 1.54) is 12.4 Å². The smallest absolute Gasteiger partial charge is 0.277 e. The summed E-state index contributed by atoms with van der Waals surface area (Å²) in [6.45, 7) is 12.9. The summed E-state index contributed by atoms with van der Waals surface area (Å²) in [5.74, 6) is 0.465. The molecule has 4 N–H and O–H groups in total. The van der Waals surface area contributed by atoms with Gasteiger partial charge in [0.05, 0.1) is 5.56 Å². The Bertz CT molecular complexity index is 1920. The van der Waals surface area contributed by atoms with Crippen LogP contribution in [0.3, 0.4) is 0 Å². The Kier molecular flexibility index (Phi) is 10.9. The molecule has 2 aliphatic rings. The molecule has 0 saturated carbocycles. The van der Waals surface area contributed by atoms with E-state index < -0.39 is 5.91 Å². The van der Waals surface area contributed by atoms with E-state index >= 15 is 0 Å². The number of rotatable bonds is 10. The number of carbonyl (C=O) groups is 2. The molecule has 268 valence electrons. The van der Waals surface area contributed by atoms with E-state index in [2.05, 4.69) is 43.1 Å². The fraction of sp³-hybridized carbons (Fsp3) is 0.405. The van der Waals surface area contributed by atoms with Gasteiger partial charge in [-0.3, -0.25) is 19.6 Å². The largest absolute Gasteiger partial charge is 0.381 e. The zero-order chi connectivity index (χ0) is 36.1. The molecular weight excluding hydrogens is 650 g/mol. The predicted molar refractivity (Wildman–Crippen MR) is 195 cm³/mol. The number of carbonyl (C=O) groups excluding carboxylic acids is 2. The highest BCUT2D eigenvalue weighted by atomic mass is 16.5. The molecule has 14 nitrogen and oxygen atoms in total. The number of anilines is 3. The molecule has 0 radical (unpaired) electrons. The molecule has 6 rings (SSSR count). The average Bonchev–Trinajstić information content (AvgIpc) is 3.15. The number of pyridine rings is 2. The van der Waals surface area contributed by atoms with Gasteiger partial charge in [-0.1, -0.05) is 0 Å². The molecule has 2 fully saturated rings. The van der Waals surface area contributed by atoms with Gasteiger partial charge in [0.25, 0.3) is 17.4 Å². The Labute approximate surface area is 296 Å². The van der Waals surface area contributed by atoms with Gasteiger partial charge in [0.1, 0.15) is 5.82 Å². The molecule has 14 heteroatoms. The van der Waals surface area contributed by atoms with E-state index in [0.29, 0.717) is 62.5 Å². The second-order valence-electron chi connectivity index (χ2n) is 13.0. The highest BCUT2D eigenvalue weighted by Crippen LogP contribution is 2.34. The van der Waals surface area contributed by atoms with Gasteiger partial charge < -0.3 is 29.7 Å². The first kappa shape index (κ1) is 35.5. The zero-order valence-electron chi connectivity index (χ0n) is 29.5. The van der Waals surface area contributed by atoms with Crippen LogP contribution in [0.15, 0.2) is 53.7 Å². The minimum atomic E-state index is -0.657. The number of aromatic nitrogens is 4. The van der Waals surface area contributed by atoms with Crippen molar-refractivity contribution in [2.45, 2.75) is 53.1 Å². The fourth-order valence-corrected chi connectivity index (χ4v) is 6.93. The van der Waals surface area contributed by atoms with E-state index in [-0.39, 0.29) is 23.6 Å². The molecule has 0 atom stereocenters. The lowest BCUT2D eigenvalue weighted by Gasteiger charge is -2.37. The molecule has 2 saturated heterocycles. The number of ether oxygens (including phenoxy) is 1. The maximum Gasteiger partial charge on any atom is 0.277 e. The molecule has 4 aromatic rings. The second kappa shape index (κ2) is 15.7. The highest BCUT2D eigenvalue weighted by Gasteiger charge is 2.26. The Morgan fingerprint density at radius 3 is 2.27 bits per heavy atom. The van der Waals surface area contributed by atoms with Crippen molar-refractivity contribution in [3.63, 3.8) is 0 Å². The van der Waals surface area contributed by atoms with Gasteiger partial charge in [0.2, 0.25) is 5.95 Å². The van der Waals surface area contributed by atoms with Crippen molar-refractivity contribution < 1.29 is 19.5 Å². The van der Waals surface area contributed by atoms with Crippen LogP contribution in [0, 0.1) is 20.8 Å². The number of hydroxylamine groups is 1. The zero-order valence-corrected chi connectivity index (χ0v) is 29.5. The van der Waals surface area contributed by atoms with E-state index in [4.69, 9.17) is 14.9 Å². The number of benzene rings is 1. The lowest BCUT2D eigenvalue weighted by molar-refractivity contribution is 0.0705. The molecule has 0 aliphatic carbocycles. The number of nitrogens with zero attached hydrogens (tertiary/aromatic N) is 6. The molecule has 5 heterocycles. The lowest BCUT2D eigenvalue weighted by Crippen LogP contribution is -2.47. The van der Waals surface area contributed by atoms with E-state index in [1.54, 1.807) is 5.48 Å². The first-order valence-electron chi connectivity index (χ1n) is 17.4. The number of H-pyrrole nitrogens is 1.